The number of nitrogens with zero attached hydrogens (tertiary/aromatic N) is 1. The molecule has 118 valence electrons. The summed E-state index contributed by atoms with van der Waals surface area (Å²) in [5, 5.41) is 0. The highest BCUT2D eigenvalue weighted by Gasteiger charge is 2.27. The molecule has 0 aromatic heterocycles. The number of benzene rings is 1. The highest BCUT2D eigenvalue weighted by molar-refractivity contribution is 9.10. The Balaban J connectivity index is 2.03. The lowest BCUT2D eigenvalue weighted by Crippen LogP contribution is -2.40. The number of hydrogen-bond acceptors (Lipinski definition) is 3. The number of nitrogens with two attached hydrogens (primary N) is 1. The fraction of sp³-hybridized carbons (Fsp3) is 0.600. The Labute approximate surface area is 135 Å². The van der Waals surface area contributed by atoms with E-state index < -0.39 is 10.0 Å². The molecule has 2 N–H and O–H groups in total. The zero-order valence-electron chi connectivity index (χ0n) is 12.5. The van der Waals surface area contributed by atoms with Gasteiger partial charge in [0.2, 0.25) is 10.0 Å². The Bertz CT molecular complexity index is 583. The van der Waals surface area contributed by atoms with Crippen LogP contribution in [0.25, 0.3) is 0 Å². The number of hydrogen-bond donors (Lipinski definition) is 1. The molecule has 0 aliphatic carbocycles. The molecule has 1 saturated heterocycles. The van der Waals surface area contributed by atoms with Gasteiger partial charge in [-0.1, -0.05) is 22.0 Å². The molecule has 0 radical (unpaired) electrons. The lowest BCUT2D eigenvalue weighted by Gasteiger charge is -2.32. The minimum atomic E-state index is -3.09. The first-order chi connectivity index (χ1) is 9.75. The summed E-state index contributed by atoms with van der Waals surface area (Å²) in [6.07, 6.45) is 4.07. The van der Waals surface area contributed by atoms with Crippen molar-refractivity contribution in [3.63, 3.8) is 0 Å². The van der Waals surface area contributed by atoms with E-state index in [1.807, 2.05) is 6.92 Å². The van der Waals surface area contributed by atoms with E-state index in [1.54, 1.807) is 4.31 Å². The molecule has 0 spiro atoms. The number of aryl methyl sites for hydroxylation is 1. The SMILES string of the molecule is Cc1cc(Br)cc(C(N)CC2CCCN(S(C)(=O)=O)C2)c1. The fourth-order valence-electron chi connectivity index (χ4n) is 2.99. The summed E-state index contributed by atoms with van der Waals surface area (Å²) in [5.74, 6) is 0.336. The van der Waals surface area contributed by atoms with Gasteiger partial charge in [0.25, 0.3) is 0 Å². The molecule has 1 aliphatic heterocycles. The first-order valence-corrected chi connectivity index (χ1v) is 9.87. The number of halogens is 1. The van der Waals surface area contributed by atoms with Crippen molar-refractivity contribution >= 4 is 26.0 Å². The van der Waals surface area contributed by atoms with E-state index in [0.29, 0.717) is 19.0 Å². The van der Waals surface area contributed by atoms with E-state index >= 15 is 0 Å². The Hall–Kier alpha value is -0.430. The predicted octanol–water partition coefficient (Wildman–Crippen LogP) is 2.82. The maximum Gasteiger partial charge on any atom is 0.211 e. The third-order valence-corrected chi connectivity index (χ3v) is 5.76. The summed E-state index contributed by atoms with van der Waals surface area (Å²) in [4.78, 5) is 0. The summed E-state index contributed by atoms with van der Waals surface area (Å²) in [7, 11) is -3.09. The van der Waals surface area contributed by atoms with Crippen LogP contribution in [-0.2, 0) is 10.0 Å². The molecule has 0 amide bonds. The molecule has 1 fully saturated rings. The van der Waals surface area contributed by atoms with Gasteiger partial charge >= 0.3 is 0 Å². The van der Waals surface area contributed by atoms with Crippen molar-refractivity contribution in [1.29, 1.82) is 0 Å². The molecule has 2 unspecified atom stereocenters. The molecule has 4 nitrogen and oxygen atoms in total. The third-order valence-electron chi connectivity index (χ3n) is 4.03. The second-order valence-corrected chi connectivity index (χ2v) is 8.93. The van der Waals surface area contributed by atoms with Gasteiger partial charge in [-0.05, 0) is 55.4 Å². The predicted molar refractivity (Wildman–Crippen MR) is 89.6 cm³/mol. The van der Waals surface area contributed by atoms with Crippen LogP contribution in [-0.4, -0.2) is 32.1 Å². The molecule has 0 saturated carbocycles. The van der Waals surface area contributed by atoms with Gasteiger partial charge in [-0.15, -0.1) is 0 Å². The van der Waals surface area contributed by atoms with Crippen LogP contribution < -0.4 is 5.73 Å². The average molecular weight is 375 g/mol. The first-order valence-electron chi connectivity index (χ1n) is 7.23. The zero-order valence-corrected chi connectivity index (χ0v) is 15.0. The van der Waals surface area contributed by atoms with Crippen LogP contribution in [0.1, 0.15) is 36.4 Å². The topological polar surface area (TPSA) is 63.4 Å². The van der Waals surface area contributed by atoms with Crippen molar-refractivity contribution in [1.82, 2.24) is 4.31 Å². The monoisotopic (exact) mass is 374 g/mol. The molecule has 2 rings (SSSR count). The second kappa shape index (κ2) is 6.77. The molecule has 0 bridgehead atoms. The van der Waals surface area contributed by atoms with Crippen molar-refractivity contribution in [2.24, 2.45) is 11.7 Å². The highest BCUT2D eigenvalue weighted by Crippen LogP contribution is 2.28. The van der Waals surface area contributed by atoms with E-state index in [1.165, 1.54) is 11.8 Å². The quantitative estimate of drug-likeness (QED) is 0.880. The molecule has 1 aromatic carbocycles. The summed E-state index contributed by atoms with van der Waals surface area (Å²) >= 11 is 3.50. The van der Waals surface area contributed by atoms with Gasteiger partial charge in [-0.2, -0.15) is 0 Å². The maximum absolute atomic E-state index is 11.7. The van der Waals surface area contributed by atoms with E-state index in [4.69, 9.17) is 5.73 Å². The lowest BCUT2D eigenvalue weighted by molar-refractivity contribution is 0.247. The van der Waals surface area contributed by atoms with Gasteiger partial charge in [0.05, 0.1) is 6.26 Å². The van der Waals surface area contributed by atoms with Gasteiger partial charge in [-0.25, -0.2) is 12.7 Å². The van der Waals surface area contributed by atoms with Crippen LogP contribution in [0.15, 0.2) is 22.7 Å². The second-order valence-electron chi connectivity index (χ2n) is 6.03. The molecular formula is C15H23BrN2O2S. The van der Waals surface area contributed by atoms with Crippen LogP contribution in [0.2, 0.25) is 0 Å². The average Bonchev–Trinajstić information content (AvgIpc) is 2.37. The molecule has 1 aromatic rings. The molecular weight excluding hydrogens is 352 g/mol. The summed E-state index contributed by atoms with van der Waals surface area (Å²) in [5.41, 5.74) is 8.62. The summed E-state index contributed by atoms with van der Waals surface area (Å²) in [6, 6.07) is 6.16. The number of sulfonamides is 1. The zero-order chi connectivity index (χ0) is 15.6. The molecule has 1 heterocycles. The van der Waals surface area contributed by atoms with E-state index in [0.717, 1.165) is 29.3 Å². The maximum atomic E-state index is 11.7. The van der Waals surface area contributed by atoms with Crippen molar-refractivity contribution < 1.29 is 8.42 Å². The molecule has 1 aliphatic rings. The third kappa shape index (κ3) is 4.77. The van der Waals surface area contributed by atoms with E-state index in [2.05, 4.69) is 34.1 Å². The Morgan fingerprint density at radius 1 is 1.43 bits per heavy atom. The fourth-order valence-corrected chi connectivity index (χ4v) is 4.56. The highest BCUT2D eigenvalue weighted by atomic mass is 79.9. The smallest absolute Gasteiger partial charge is 0.211 e. The van der Waals surface area contributed by atoms with Gasteiger partial charge in [-0.3, -0.25) is 0 Å². The first kappa shape index (κ1) is 16.9. The number of piperidine rings is 1. The Morgan fingerprint density at radius 3 is 2.76 bits per heavy atom. The number of rotatable bonds is 4. The van der Waals surface area contributed by atoms with E-state index in [-0.39, 0.29) is 6.04 Å². The minimum Gasteiger partial charge on any atom is -0.324 e. The van der Waals surface area contributed by atoms with Crippen molar-refractivity contribution in [3.8, 4) is 0 Å². The van der Waals surface area contributed by atoms with Crippen LogP contribution in [0.4, 0.5) is 0 Å². The van der Waals surface area contributed by atoms with Crippen LogP contribution in [0, 0.1) is 12.8 Å². The van der Waals surface area contributed by atoms with Gasteiger partial charge in [0, 0.05) is 23.6 Å². The van der Waals surface area contributed by atoms with Crippen molar-refractivity contribution in [3.05, 3.63) is 33.8 Å². The Morgan fingerprint density at radius 2 is 2.14 bits per heavy atom. The molecule has 21 heavy (non-hydrogen) atoms. The van der Waals surface area contributed by atoms with Crippen LogP contribution >= 0.6 is 15.9 Å². The molecule has 2 atom stereocenters. The normalized spacial score (nSPS) is 22.2. The Kier molecular flexibility index (Phi) is 5.46. The van der Waals surface area contributed by atoms with Gasteiger partial charge < -0.3 is 5.73 Å². The van der Waals surface area contributed by atoms with Crippen LogP contribution in [0.3, 0.4) is 0 Å². The minimum absolute atomic E-state index is 0.0503. The van der Waals surface area contributed by atoms with E-state index in [9.17, 15) is 8.42 Å². The van der Waals surface area contributed by atoms with Crippen LogP contribution in [0.5, 0.6) is 0 Å². The van der Waals surface area contributed by atoms with Gasteiger partial charge in [0.15, 0.2) is 0 Å². The van der Waals surface area contributed by atoms with Gasteiger partial charge in [0.1, 0.15) is 0 Å². The standard InChI is InChI=1S/C15H23BrN2O2S/c1-11-6-13(9-14(16)7-11)15(17)8-12-4-3-5-18(10-12)21(2,19)20/h6-7,9,12,15H,3-5,8,10,17H2,1-2H3. The largest absolute Gasteiger partial charge is 0.324 e. The van der Waals surface area contributed by atoms with Crippen molar-refractivity contribution in [2.75, 3.05) is 19.3 Å². The summed E-state index contributed by atoms with van der Waals surface area (Å²) in [6.45, 7) is 3.28. The molecule has 6 heteroatoms. The lowest BCUT2D eigenvalue weighted by atomic mass is 9.89. The summed E-state index contributed by atoms with van der Waals surface area (Å²) < 4.78 is 26.0. The van der Waals surface area contributed by atoms with Crippen molar-refractivity contribution in [2.45, 2.75) is 32.2 Å².